The molecule has 1 fully saturated rings. The molecule has 0 aromatic carbocycles. The Balaban J connectivity index is 1.90. The van der Waals surface area contributed by atoms with Gasteiger partial charge in [-0.1, -0.05) is 0 Å². The van der Waals surface area contributed by atoms with Crippen LogP contribution in [0.2, 0.25) is 0 Å². The van der Waals surface area contributed by atoms with E-state index < -0.39 is 0 Å². The third kappa shape index (κ3) is 3.36. The molecule has 25 heavy (non-hydrogen) atoms. The lowest BCUT2D eigenvalue weighted by atomic mass is 9.87. The van der Waals surface area contributed by atoms with Gasteiger partial charge in [0.05, 0.1) is 12.4 Å². The maximum Gasteiger partial charge on any atom is 0.185 e. The van der Waals surface area contributed by atoms with Gasteiger partial charge in [0.25, 0.3) is 0 Å². The maximum absolute atomic E-state index is 12.9. The highest BCUT2D eigenvalue weighted by atomic mass is 16.1. The minimum atomic E-state index is 0.165. The number of aryl methyl sites for hydroxylation is 2. The van der Waals surface area contributed by atoms with Crippen LogP contribution in [-0.2, 0) is 17.9 Å². The molecule has 1 aliphatic carbocycles. The lowest BCUT2D eigenvalue weighted by Gasteiger charge is -2.16. The number of aromatic nitrogens is 4. The summed E-state index contributed by atoms with van der Waals surface area (Å²) in [5.41, 5.74) is 6.08. The summed E-state index contributed by atoms with van der Waals surface area (Å²) in [5.74, 6) is 0.165. The van der Waals surface area contributed by atoms with Crippen LogP contribution in [0.3, 0.4) is 0 Å². The fourth-order valence-corrected chi connectivity index (χ4v) is 3.40. The van der Waals surface area contributed by atoms with E-state index in [1.54, 1.807) is 0 Å². The van der Waals surface area contributed by atoms with Gasteiger partial charge in [0.15, 0.2) is 5.78 Å². The highest BCUT2D eigenvalue weighted by molar-refractivity contribution is 6.14. The number of carbonyl (C=O) groups excluding carboxylic acids is 1. The van der Waals surface area contributed by atoms with Crippen LogP contribution in [0.5, 0.6) is 0 Å². The van der Waals surface area contributed by atoms with Crippen LogP contribution in [0.1, 0.15) is 55.6 Å². The van der Waals surface area contributed by atoms with Gasteiger partial charge in [0.1, 0.15) is 0 Å². The zero-order valence-corrected chi connectivity index (χ0v) is 15.5. The molecule has 2 aromatic rings. The molecule has 0 radical (unpaired) electrons. The Labute approximate surface area is 149 Å². The summed E-state index contributed by atoms with van der Waals surface area (Å²) in [4.78, 5) is 12.9. The van der Waals surface area contributed by atoms with E-state index in [1.165, 1.54) is 0 Å². The molecule has 132 valence electrons. The molecule has 0 aliphatic heterocycles. The van der Waals surface area contributed by atoms with Gasteiger partial charge < -0.3 is 0 Å². The third-order valence-electron chi connectivity index (χ3n) is 5.02. The predicted molar refractivity (Wildman–Crippen MR) is 100 cm³/mol. The van der Waals surface area contributed by atoms with E-state index in [0.717, 1.165) is 66.0 Å². The molecule has 0 bridgehead atoms. The summed E-state index contributed by atoms with van der Waals surface area (Å²) >= 11 is 0. The molecule has 1 saturated carbocycles. The summed E-state index contributed by atoms with van der Waals surface area (Å²) in [6.07, 6.45) is 10.4. The second kappa shape index (κ2) is 7.21. The summed E-state index contributed by atoms with van der Waals surface area (Å²) < 4.78 is 3.91. The molecule has 2 heterocycles. The highest BCUT2D eigenvalue weighted by Gasteiger charge is 2.21. The van der Waals surface area contributed by atoms with Crippen LogP contribution < -0.4 is 0 Å². The van der Waals surface area contributed by atoms with E-state index in [4.69, 9.17) is 0 Å². The summed E-state index contributed by atoms with van der Waals surface area (Å²) in [7, 11) is 0. The molecule has 0 unspecified atom stereocenters. The summed E-state index contributed by atoms with van der Waals surface area (Å²) in [6.45, 7) is 9.93. The second-order valence-electron chi connectivity index (χ2n) is 6.52. The SMILES string of the molecule is CCn1ncc(C=C2CCCC(=Cc3cnn(CC)c3C)C2=O)c1C. The first kappa shape index (κ1) is 17.4. The first-order valence-corrected chi connectivity index (χ1v) is 9.05. The number of hydrogen-bond acceptors (Lipinski definition) is 3. The van der Waals surface area contributed by atoms with Crippen LogP contribution in [0.4, 0.5) is 0 Å². The normalized spacial score (nSPS) is 18.5. The number of hydrogen-bond donors (Lipinski definition) is 0. The second-order valence-corrected chi connectivity index (χ2v) is 6.52. The van der Waals surface area contributed by atoms with E-state index in [2.05, 4.69) is 37.9 Å². The summed E-state index contributed by atoms with van der Waals surface area (Å²) in [5, 5.41) is 8.74. The van der Waals surface area contributed by atoms with Crippen molar-refractivity contribution >= 4 is 17.9 Å². The molecule has 0 N–H and O–H groups in total. The lowest BCUT2D eigenvalue weighted by molar-refractivity contribution is -0.112. The smallest absolute Gasteiger partial charge is 0.185 e. The van der Waals surface area contributed by atoms with Crippen molar-refractivity contribution in [1.82, 2.24) is 19.6 Å². The van der Waals surface area contributed by atoms with Gasteiger partial charge >= 0.3 is 0 Å². The molecular weight excluding hydrogens is 312 g/mol. The van der Waals surface area contributed by atoms with Crippen molar-refractivity contribution in [3.05, 3.63) is 46.1 Å². The Hall–Kier alpha value is -2.43. The number of Topliss-reactive ketones (excluding diaryl/α,β-unsaturated/α-hetero) is 1. The van der Waals surface area contributed by atoms with Crippen molar-refractivity contribution in [1.29, 1.82) is 0 Å². The van der Waals surface area contributed by atoms with Gasteiger partial charge in [-0.3, -0.25) is 14.2 Å². The summed E-state index contributed by atoms with van der Waals surface area (Å²) in [6, 6.07) is 0. The largest absolute Gasteiger partial charge is 0.289 e. The predicted octanol–water partition coefficient (Wildman–Crippen LogP) is 3.96. The molecule has 3 rings (SSSR count). The van der Waals surface area contributed by atoms with Crippen LogP contribution in [-0.4, -0.2) is 25.3 Å². The number of ketones is 1. The van der Waals surface area contributed by atoms with Crippen molar-refractivity contribution in [3.63, 3.8) is 0 Å². The number of nitrogens with zero attached hydrogens (tertiary/aromatic N) is 4. The molecule has 2 aromatic heterocycles. The first-order valence-electron chi connectivity index (χ1n) is 9.05. The highest BCUT2D eigenvalue weighted by Crippen LogP contribution is 2.29. The quantitative estimate of drug-likeness (QED) is 0.793. The lowest BCUT2D eigenvalue weighted by Crippen LogP contribution is -2.12. The van der Waals surface area contributed by atoms with Gasteiger partial charge in [-0.15, -0.1) is 0 Å². The third-order valence-corrected chi connectivity index (χ3v) is 5.02. The Bertz CT molecular complexity index is 783. The molecule has 0 amide bonds. The molecule has 0 saturated heterocycles. The van der Waals surface area contributed by atoms with Crippen LogP contribution in [0.15, 0.2) is 23.5 Å². The Kier molecular flexibility index (Phi) is 5.02. The average Bonchev–Trinajstić information content (AvgIpc) is 3.14. The van der Waals surface area contributed by atoms with Crippen molar-refractivity contribution in [2.45, 2.75) is 60.0 Å². The van der Waals surface area contributed by atoms with Crippen molar-refractivity contribution in [2.75, 3.05) is 0 Å². The zero-order chi connectivity index (χ0) is 18.0. The fraction of sp³-hybridized carbons (Fsp3) is 0.450. The van der Waals surface area contributed by atoms with E-state index in [0.29, 0.717) is 0 Å². The van der Waals surface area contributed by atoms with Gasteiger partial charge in [-0.2, -0.15) is 10.2 Å². The van der Waals surface area contributed by atoms with Crippen LogP contribution in [0.25, 0.3) is 12.2 Å². The number of carbonyl (C=O) groups is 1. The van der Waals surface area contributed by atoms with Crippen LogP contribution in [0, 0.1) is 13.8 Å². The van der Waals surface area contributed by atoms with Gasteiger partial charge in [0.2, 0.25) is 0 Å². The van der Waals surface area contributed by atoms with Crippen molar-refractivity contribution in [2.24, 2.45) is 0 Å². The standard InChI is InChI=1S/C20H26N4O/c1-5-23-14(3)18(12-21-23)10-16-8-7-9-17(20(16)25)11-19-13-22-24(6-2)15(19)4/h10-13H,5-9H2,1-4H3. The average molecular weight is 338 g/mol. The topological polar surface area (TPSA) is 52.7 Å². The van der Waals surface area contributed by atoms with Crippen LogP contribution >= 0.6 is 0 Å². The minimum Gasteiger partial charge on any atom is -0.289 e. The molecule has 5 heteroatoms. The fourth-order valence-electron chi connectivity index (χ4n) is 3.40. The molecule has 5 nitrogen and oxygen atoms in total. The minimum absolute atomic E-state index is 0.165. The Morgan fingerprint density at radius 2 is 1.36 bits per heavy atom. The number of allylic oxidation sites excluding steroid dienone is 2. The molecular formula is C20H26N4O. The van der Waals surface area contributed by atoms with Crippen molar-refractivity contribution < 1.29 is 4.79 Å². The Morgan fingerprint density at radius 3 is 1.72 bits per heavy atom. The molecule has 1 aliphatic rings. The van der Waals surface area contributed by atoms with Crippen molar-refractivity contribution in [3.8, 4) is 0 Å². The monoisotopic (exact) mass is 338 g/mol. The Morgan fingerprint density at radius 1 is 0.920 bits per heavy atom. The number of rotatable bonds is 4. The van der Waals surface area contributed by atoms with Gasteiger partial charge in [-0.05, 0) is 59.1 Å². The zero-order valence-electron chi connectivity index (χ0n) is 15.5. The van der Waals surface area contributed by atoms with E-state index in [-0.39, 0.29) is 5.78 Å². The molecule has 0 atom stereocenters. The van der Waals surface area contributed by atoms with Gasteiger partial charge in [-0.25, -0.2) is 0 Å². The molecule has 0 spiro atoms. The van der Waals surface area contributed by atoms with E-state index in [1.807, 2.05) is 33.9 Å². The first-order chi connectivity index (χ1) is 12.0. The van der Waals surface area contributed by atoms with E-state index in [9.17, 15) is 4.79 Å². The van der Waals surface area contributed by atoms with Gasteiger partial charge in [0, 0.05) is 46.8 Å². The van der Waals surface area contributed by atoms with E-state index >= 15 is 0 Å². The maximum atomic E-state index is 12.9.